The molecule has 1 aromatic heterocycles. The van der Waals surface area contributed by atoms with Gasteiger partial charge < -0.3 is 14.4 Å². The van der Waals surface area contributed by atoms with Gasteiger partial charge in [0.1, 0.15) is 12.4 Å². The number of nitro groups is 1. The van der Waals surface area contributed by atoms with Crippen LogP contribution in [0.15, 0.2) is 54.6 Å². The van der Waals surface area contributed by atoms with Gasteiger partial charge in [-0.15, -0.1) is 0 Å². The summed E-state index contributed by atoms with van der Waals surface area (Å²) in [6.07, 6.45) is 0. The van der Waals surface area contributed by atoms with Gasteiger partial charge in [-0.3, -0.25) is 10.1 Å². The molecule has 3 aromatic rings. The number of benzene rings is 2. The summed E-state index contributed by atoms with van der Waals surface area (Å²) in [4.78, 5) is 11.3. The average molecular weight is 312 g/mol. The van der Waals surface area contributed by atoms with Crippen LogP contribution in [0.1, 0.15) is 0 Å². The molecule has 0 radical (unpaired) electrons. The second kappa shape index (κ2) is 6.60. The Kier molecular flexibility index (Phi) is 4.36. The highest BCUT2D eigenvalue weighted by molar-refractivity contribution is 5.98. The standard InChI is InChI=1S/C17H16N2O4/c20-10-11-23-12-18-15-9-5-4-8-14(15)17(19(21)22)16(18)13-6-2-1-3-7-13/h1-9,20H,10-12H2. The summed E-state index contributed by atoms with van der Waals surface area (Å²) >= 11 is 0. The minimum Gasteiger partial charge on any atom is -0.394 e. The van der Waals surface area contributed by atoms with Crippen LogP contribution in [0.3, 0.4) is 0 Å². The van der Waals surface area contributed by atoms with Crippen molar-refractivity contribution in [2.75, 3.05) is 13.2 Å². The Morgan fingerprint density at radius 3 is 2.48 bits per heavy atom. The summed E-state index contributed by atoms with van der Waals surface area (Å²) in [7, 11) is 0. The van der Waals surface area contributed by atoms with Gasteiger partial charge in [0.05, 0.1) is 29.0 Å². The maximum Gasteiger partial charge on any atom is 0.302 e. The van der Waals surface area contributed by atoms with E-state index in [0.717, 1.165) is 11.1 Å². The first-order valence-electron chi connectivity index (χ1n) is 7.23. The average Bonchev–Trinajstić information content (AvgIpc) is 2.91. The zero-order valence-electron chi connectivity index (χ0n) is 12.4. The van der Waals surface area contributed by atoms with Gasteiger partial charge >= 0.3 is 5.69 Å². The molecule has 0 aliphatic rings. The summed E-state index contributed by atoms with van der Waals surface area (Å²) in [5, 5.41) is 21.1. The molecule has 23 heavy (non-hydrogen) atoms. The van der Waals surface area contributed by atoms with Crippen molar-refractivity contribution in [2.24, 2.45) is 0 Å². The first-order chi connectivity index (χ1) is 11.2. The van der Waals surface area contributed by atoms with Gasteiger partial charge in [0.2, 0.25) is 0 Å². The highest BCUT2D eigenvalue weighted by Gasteiger charge is 2.26. The number of aliphatic hydroxyl groups is 1. The molecule has 0 amide bonds. The lowest BCUT2D eigenvalue weighted by molar-refractivity contribution is -0.382. The number of hydrogen-bond donors (Lipinski definition) is 1. The first-order valence-corrected chi connectivity index (χ1v) is 7.23. The van der Waals surface area contributed by atoms with E-state index in [9.17, 15) is 10.1 Å². The van der Waals surface area contributed by atoms with Crippen molar-refractivity contribution < 1.29 is 14.8 Å². The number of hydrogen-bond acceptors (Lipinski definition) is 4. The molecule has 0 saturated heterocycles. The molecule has 118 valence electrons. The number of aromatic nitrogens is 1. The molecule has 0 fully saturated rings. The Hall–Kier alpha value is -2.70. The molecule has 1 heterocycles. The van der Waals surface area contributed by atoms with E-state index >= 15 is 0 Å². The predicted octanol–water partition coefficient (Wildman–Crippen LogP) is 3.18. The molecule has 2 aromatic carbocycles. The van der Waals surface area contributed by atoms with E-state index < -0.39 is 0 Å². The minimum atomic E-state index is -0.354. The second-order valence-corrected chi connectivity index (χ2v) is 5.03. The Bertz CT molecular complexity index is 827. The molecule has 3 rings (SSSR count). The van der Waals surface area contributed by atoms with Crippen LogP contribution >= 0.6 is 0 Å². The fourth-order valence-corrected chi connectivity index (χ4v) is 2.71. The normalized spacial score (nSPS) is 11.0. The fourth-order valence-electron chi connectivity index (χ4n) is 2.71. The van der Waals surface area contributed by atoms with Gasteiger partial charge in [0.15, 0.2) is 0 Å². The van der Waals surface area contributed by atoms with Crippen LogP contribution in [-0.2, 0) is 11.5 Å². The van der Waals surface area contributed by atoms with E-state index in [1.807, 2.05) is 42.5 Å². The molecule has 1 N–H and O–H groups in total. The Labute approximate surface area is 132 Å². The summed E-state index contributed by atoms with van der Waals surface area (Å²) in [6, 6.07) is 16.4. The summed E-state index contributed by atoms with van der Waals surface area (Å²) < 4.78 is 7.20. The SMILES string of the molecule is O=[N+]([O-])c1c(-c2ccccc2)n(COCCO)c2ccccc12. The largest absolute Gasteiger partial charge is 0.394 e. The van der Waals surface area contributed by atoms with Gasteiger partial charge in [0, 0.05) is 5.56 Å². The number of aliphatic hydroxyl groups excluding tert-OH is 1. The third-order valence-electron chi connectivity index (χ3n) is 3.63. The fraction of sp³-hybridized carbons (Fsp3) is 0.176. The molecule has 0 unspecified atom stereocenters. The molecule has 0 atom stereocenters. The summed E-state index contributed by atoms with van der Waals surface area (Å²) in [5.74, 6) is 0. The van der Waals surface area contributed by atoms with Gasteiger partial charge in [-0.25, -0.2) is 0 Å². The predicted molar refractivity (Wildman–Crippen MR) is 87.1 cm³/mol. The molecular formula is C17H16N2O4. The lowest BCUT2D eigenvalue weighted by Gasteiger charge is -2.10. The molecule has 6 nitrogen and oxygen atoms in total. The third-order valence-corrected chi connectivity index (χ3v) is 3.63. The smallest absolute Gasteiger partial charge is 0.302 e. The molecular weight excluding hydrogens is 296 g/mol. The van der Waals surface area contributed by atoms with Crippen molar-refractivity contribution in [2.45, 2.75) is 6.73 Å². The second-order valence-electron chi connectivity index (χ2n) is 5.03. The molecule has 0 spiro atoms. The summed E-state index contributed by atoms with van der Waals surface area (Å²) in [6.45, 7) is 0.218. The van der Waals surface area contributed by atoms with E-state index in [-0.39, 0.29) is 30.6 Å². The Morgan fingerprint density at radius 2 is 1.78 bits per heavy atom. The molecule has 0 aliphatic heterocycles. The lowest BCUT2D eigenvalue weighted by atomic mass is 10.1. The van der Waals surface area contributed by atoms with E-state index in [1.54, 1.807) is 16.7 Å². The monoisotopic (exact) mass is 312 g/mol. The number of rotatable bonds is 6. The van der Waals surface area contributed by atoms with Gasteiger partial charge in [-0.1, -0.05) is 42.5 Å². The van der Waals surface area contributed by atoms with Crippen LogP contribution in [0, 0.1) is 10.1 Å². The van der Waals surface area contributed by atoms with Gasteiger partial charge in [0.25, 0.3) is 0 Å². The van der Waals surface area contributed by atoms with Crippen molar-refractivity contribution >= 4 is 16.6 Å². The maximum atomic E-state index is 11.7. The topological polar surface area (TPSA) is 77.5 Å². The Morgan fingerprint density at radius 1 is 1.09 bits per heavy atom. The lowest BCUT2D eigenvalue weighted by Crippen LogP contribution is -2.07. The Balaban J connectivity index is 2.27. The quantitative estimate of drug-likeness (QED) is 0.431. The van der Waals surface area contributed by atoms with Crippen LogP contribution in [0.4, 0.5) is 5.69 Å². The molecule has 0 saturated carbocycles. The molecule has 0 aliphatic carbocycles. The number of fused-ring (bicyclic) bond motifs is 1. The van der Waals surface area contributed by atoms with Gasteiger partial charge in [-0.2, -0.15) is 0 Å². The number of ether oxygens (including phenoxy) is 1. The maximum absolute atomic E-state index is 11.7. The number of para-hydroxylation sites is 1. The van der Waals surface area contributed by atoms with Crippen molar-refractivity contribution in [3.63, 3.8) is 0 Å². The molecule has 6 heteroatoms. The van der Waals surface area contributed by atoms with Crippen LogP contribution in [0.25, 0.3) is 22.2 Å². The highest BCUT2D eigenvalue weighted by Crippen LogP contribution is 2.39. The van der Waals surface area contributed by atoms with E-state index in [4.69, 9.17) is 9.84 Å². The zero-order valence-corrected chi connectivity index (χ0v) is 12.4. The van der Waals surface area contributed by atoms with E-state index in [1.165, 1.54) is 0 Å². The highest BCUT2D eigenvalue weighted by atomic mass is 16.6. The van der Waals surface area contributed by atoms with E-state index in [0.29, 0.717) is 11.1 Å². The van der Waals surface area contributed by atoms with Crippen LogP contribution in [0.2, 0.25) is 0 Å². The third kappa shape index (κ3) is 2.81. The first kappa shape index (κ1) is 15.2. The minimum absolute atomic E-state index is 0.0689. The molecule has 0 bridgehead atoms. The number of nitrogens with zero attached hydrogens (tertiary/aromatic N) is 2. The van der Waals surface area contributed by atoms with E-state index in [2.05, 4.69) is 0 Å². The van der Waals surface area contributed by atoms with Crippen LogP contribution < -0.4 is 0 Å². The van der Waals surface area contributed by atoms with Crippen molar-refractivity contribution in [3.8, 4) is 11.3 Å². The van der Waals surface area contributed by atoms with Crippen molar-refractivity contribution in [1.29, 1.82) is 0 Å². The van der Waals surface area contributed by atoms with Crippen molar-refractivity contribution in [3.05, 3.63) is 64.7 Å². The van der Waals surface area contributed by atoms with Crippen molar-refractivity contribution in [1.82, 2.24) is 4.57 Å². The zero-order chi connectivity index (χ0) is 16.2. The van der Waals surface area contributed by atoms with Crippen LogP contribution in [0.5, 0.6) is 0 Å². The van der Waals surface area contributed by atoms with Crippen LogP contribution in [-0.4, -0.2) is 27.8 Å². The summed E-state index contributed by atoms with van der Waals surface area (Å²) in [5.41, 5.74) is 2.06. The van der Waals surface area contributed by atoms with Gasteiger partial charge in [-0.05, 0) is 12.1 Å².